The highest BCUT2D eigenvalue weighted by atomic mass is 19.4. The number of rotatable bonds is 4. The van der Waals surface area contributed by atoms with Crippen LogP contribution in [0.2, 0.25) is 0 Å². The van der Waals surface area contributed by atoms with E-state index in [0.29, 0.717) is 49.3 Å². The van der Waals surface area contributed by atoms with E-state index in [-0.39, 0.29) is 22.9 Å². The second kappa shape index (κ2) is 14.1. The van der Waals surface area contributed by atoms with E-state index in [4.69, 9.17) is 4.98 Å². The van der Waals surface area contributed by atoms with Crippen molar-refractivity contribution >= 4 is 87.2 Å². The van der Waals surface area contributed by atoms with Gasteiger partial charge in [-0.25, -0.2) is 4.98 Å². The Morgan fingerprint density at radius 2 is 0.603 bits per heavy atom. The van der Waals surface area contributed by atoms with E-state index in [9.17, 15) is 31.6 Å². The van der Waals surface area contributed by atoms with Crippen LogP contribution in [-0.4, -0.2) is 23.3 Å². The molecule has 13 aromatic rings. The van der Waals surface area contributed by atoms with Gasteiger partial charge >= 0.3 is 12.4 Å². The summed E-state index contributed by atoms with van der Waals surface area (Å²) < 4.78 is 94.8. The van der Waals surface area contributed by atoms with Gasteiger partial charge in [-0.3, -0.25) is 9.13 Å². The van der Waals surface area contributed by atoms with Crippen molar-refractivity contribution in [2.24, 2.45) is 0 Å². The summed E-state index contributed by atoms with van der Waals surface area (Å²) in [5.41, 5.74) is 3.86. The van der Waals surface area contributed by atoms with Gasteiger partial charge in [-0.05, 0) is 72.8 Å². The van der Waals surface area contributed by atoms with Crippen molar-refractivity contribution in [1.82, 2.24) is 23.3 Å². The van der Waals surface area contributed by atoms with E-state index in [2.05, 4.69) is 6.07 Å². The van der Waals surface area contributed by atoms with Crippen LogP contribution in [0.3, 0.4) is 0 Å². The molecule has 13 rings (SSSR count). The second-order valence-electron chi connectivity index (χ2n) is 16.8. The maximum absolute atomic E-state index is 14.5. The fourth-order valence-corrected chi connectivity index (χ4v) is 10.5. The van der Waals surface area contributed by atoms with Gasteiger partial charge in [0.25, 0.3) is 0 Å². The third-order valence-electron chi connectivity index (χ3n) is 13.3. The number of benzene rings is 8. The highest BCUT2D eigenvalue weighted by Gasteiger charge is 2.35. The molecule has 12 heteroatoms. The smallest absolute Gasteiger partial charge is 0.305 e. The molecule has 0 aliphatic heterocycles. The Morgan fingerprint density at radius 3 is 0.912 bits per heavy atom. The van der Waals surface area contributed by atoms with Gasteiger partial charge in [-0.15, -0.1) is 0 Å². The van der Waals surface area contributed by atoms with Crippen LogP contribution in [0.25, 0.3) is 110 Å². The van der Waals surface area contributed by atoms with Crippen LogP contribution in [0.1, 0.15) is 16.7 Å². The second-order valence-corrected chi connectivity index (χ2v) is 16.8. The summed E-state index contributed by atoms with van der Waals surface area (Å²) in [6, 6.07) is 55.3. The Labute approximate surface area is 380 Å². The molecule has 0 unspecified atom stereocenters. The molecule has 0 bridgehead atoms. The summed E-state index contributed by atoms with van der Waals surface area (Å²) in [5, 5.41) is 17.4. The molecular weight excluding hydrogens is 871 g/mol. The summed E-state index contributed by atoms with van der Waals surface area (Å²) in [4.78, 5) is 5.76. The minimum Gasteiger partial charge on any atom is -0.305 e. The number of alkyl halides is 6. The van der Waals surface area contributed by atoms with Gasteiger partial charge in [0.15, 0.2) is 11.6 Å². The van der Waals surface area contributed by atoms with Gasteiger partial charge in [0, 0.05) is 43.1 Å². The van der Waals surface area contributed by atoms with Gasteiger partial charge in [0.05, 0.1) is 55.3 Å². The van der Waals surface area contributed by atoms with Gasteiger partial charge in [0.2, 0.25) is 0 Å². The average molecular weight is 901 g/mol. The number of fused-ring (bicyclic) bond motifs is 12. The third-order valence-corrected chi connectivity index (χ3v) is 13.3. The predicted molar refractivity (Wildman–Crippen MR) is 256 cm³/mol. The lowest BCUT2D eigenvalue weighted by Crippen LogP contribution is -2.16. The fourth-order valence-electron chi connectivity index (χ4n) is 10.5. The van der Waals surface area contributed by atoms with E-state index in [1.807, 2.05) is 134 Å². The summed E-state index contributed by atoms with van der Waals surface area (Å²) in [7, 11) is 0. The molecule has 326 valence electrons. The molecule has 0 spiro atoms. The Bertz CT molecular complexity index is 4220. The maximum Gasteiger partial charge on any atom is 0.416 e. The molecule has 0 atom stereocenters. The molecule has 5 aromatic heterocycles. The minimum atomic E-state index is -4.64. The van der Waals surface area contributed by atoms with Crippen molar-refractivity contribution in [1.29, 1.82) is 5.26 Å². The highest BCUT2D eigenvalue weighted by Crippen LogP contribution is 2.46. The van der Waals surface area contributed by atoms with Crippen molar-refractivity contribution in [3.63, 3.8) is 0 Å². The number of nitrogens with zero attached hydrogens (tertiary/aromatic N) is 6. The van der Waals surface area contributed by atoms with E-state index in [1.165, 1.54) is 12.1 Å². The van der Waals surface area contributed by atoms with E-state index >= 15 is 0 Å². The zero-order valence-corrected chi connectivity index (χ0v) is 35.3. The Morgan fingerprint density at radius 1 is 0.338 bits per heavy atom. The van der Waals surface area contributed by atoms with Gasteiger partial charge in [0.1, 0.15) is 23.0 Å². The SMILES string of the molecule is N#Cc1c(-n2c3ccccc3c3ccccc32)c(-n2c3ccccc3c3cc(C(F)(F)F)ccc32)nc(-n2c3ccccc3c3ccccc32)c1-n1c2ccccc2c2cc(C(F)(F)F)ccc21. The summed E-state index contributed by atoms with van der Waals surface area (Å²) in [6.07, 6.45) is -9.27. The van der Waals surface area contributed by atoms with Gasteiger partial charge < -0.3 is 9.13 Å². The lowest BCUT2D eigenvalue weighted by atomic mass is 10.1. The number of hydrogen-bond acceptors (Lipinski definition) is 2. The Balaban J connectivity index is 1.32. The first-order valence-electron chi connectivity index (χ1n) is 21.7. The Hall–Kier alpha value is -8.82. The quantitative estimate of drug-likeness (QED) is 0.165. The molecule has 0 saturated heterocycles. The lowest BCUT2D eigenvalue weighted by Gasteiger charge is -2.24. The number of halogens is 6. The summed E-state index contributed by atoms with van der Waals surface area (Å²) >= 11 is 0. The number of nitriles is 1. The summed E-state index contributed by atoms with van der Waals surface area (Å²) in [6.45, 7) is 0. The molecule has 0 N–H and O–H groups in total. The first-order chi connectivity index (χ1) is 33.0. The van der Waals surface area contributed by atoms with Crippen molar-refractivity contribution in [3.05, 3.63) is 199 Å². The molecule has 0 aliphatic carbocycles. The van der Waals surface area contributed by atoms with E-state index in [0.717, 1.165) is 67.9 Å². The number of hydrogen-bond donors (Lipinski definition) is 0. The maximum atomic E-state index is 14.5. The first-order valence-corrected chi connectivity index (χ1v) is 21.7. The topological polar surface area (TPSA) is 56.4 Å². The molecule has 8 aromatic carbocycles. The highest BCUT2D eigenvalue weighted by molar-refractivity contribution is 6.14. The third kappa shape index (κ3) is 5.50. The molecule has 68 heavy (non-hydrogen) atoms. The van der Waals surface area contributed by atoms with E-state index < -0.39 is 23.5 Å². The zero-order valence-electron chi connectivity index (χ0n) is 35.3. The van der Waals surface area contributed by atoms with Crippen molar-refractivity contribution in [3.8, 4) is 29.1 Å². The normalized spacial score (nSPS) is 12.5. The Kier molecular flexibility index (Phi) is 8.19. The standard InChI is InChI=1S/C56H30F6N6/c57-55(58,59)32-25-27-49-40(29-32)38-17-5-9-21-45(38)66(49)52-42(31-63)51(65-43-19-7-1-13-34(43)35-14-2-8-20-44(35)65)54(64-53(52)67-46-22-10-3-15-36(46)37-16-4-11-23-47(37)67)68-48-24-12-6-18-39(48)41-30-33(56(60,61)62)26-28-50(41)68/h1-30H. The van der Waals surface area contributed by atoms with Gasteiger partial charge in [-0.1, -0.05) is 109 Å². The molecular formula is C56H30F6N6. The molecule has 5 heterocycles. The predicted octanol–water partition coefficient (Wildman–Crippen LogP) is 15.4. The molecule has 0 aliphatic rings. The van der Waals surface area contributed by atoms with Crippen LogP contribution in [0, 0.1) is 11.3 Å². The van der Waals surface area contributed by atoms with Crippen LogP contribution in [0.4, 0.5) is 26.3 Å². The summed E-state index contributed by atoms with van der Waals surface area (Å²) in [5.74, 6) is 0.499. The first kappa shape index (κ1) is 39.5. The fraction of sp³-hybridized carbons (Fsp3) is 0.0357. The van der Waals surface area contributed by atoms with Crippen LogP contribution in [0.5, 0.6) is 0 Å². The van der Waals surface area contributed by atoms with Crippen LogP contribution >= 0.6 is 0 Å². The van der Waals surface area contributed by atoms with Crippen molar-refractivity contribution < 1.29 is 26.3 Å². The zero-order chi connectivity index (χ0) is 46.2. The minimum absolute atomic E-state index is 0.110. The number of aromatic nitrogens is 5. The molecule has 6 nitrogen and oxygen atoms in total. The number of para-hydroxylation sites is 6. The van der Waals surface area contributed by atoms with Crippen LogP contribution in [-0.2, 0) is 12.4 Å². The monoisotopic (exact) mass is 900 g/mol. The molecule has 0 amide bonds. The lowest BCUT2D eigenvalue weighted by molar-refractivity contribution is -0.138. The van der Waals surface area contributed by atoms with Crippen molar-refractivity contribution in [2.45, 2.75) is 12.4 Å². The molecule has 0 fully saturated rings. The van der Waals surface area contributed by atoms with Crippen molar-refractivity contribution in [2.75, 3.05) is 0 Å². The van der Waals surface area contributed by atoms with Crippen LogP contribution in [0.15, 0.2) is 182 Å². The average Bonchev–Trinajstić information content (AvgIpc) is 4.07. The van der Waals surface area contributed by atoms with E-state index in [1.54, 1.807) is 30.3 Å². The number of pyridine rings is 1. The van der Waals surface area contributed by atoms with Gasteiger partial charge in [-0.2, -0.15) is 31.6 Å². The molecule has 0 radical (unpaired) electrons. The van der Waals surface area contributed by atoms with Crippen LogP contribution < -0.4 is 0 Å². The largest absolute Gasteiger partial charge is 0.416 e. The molecule has 0 saturated carbocycles.